The van der Waals surface area contributed by atoms with Crippen LogP contribution in [0.5, 0.6) is 0 Å². The minimum absolute atomic E-state index is 0.0238. The van der Waals surface area contributed by atoms with Crippen molar-refractivity contribution >= 4 is 23.2 Å². The van der Waals surface area contributed by atoms with E-state index in [2.05, 4.69) is 25.3 Å². The molecule has 4 rings (SSSR count). The van der Waals surface area contributed by atoms with Crippen molar-refractivity contribution in [1.29, 1.82) is 0 Å². The van der Waals surface area contributed by atoms with Gasteiger partial charge in [0.1, 0.15) is 0 Å². The molecule has 0 fully saturated rings. The number of carbonyl (C=O) groups excluding carboxylic acids is 1. The zero-order valence-electron chi connectivity index (χ0n) is 13.6. The van der Waals surface area contributed by atoms with Gasteiger partial charge in [0, 0.05) is 30.0 Å². The molecule has 0 aromatic carbocycles. The van der Waals surface area contributed by atoms with Crippen molar-refractivity contribution < 1.29 is 4.79 Å². The lowest BCUT2D eigenvalue weighted by Gasteiger charge is -2.33. The molecule has 1 amide bonds. The van der Waals surface area contributed by atoms with E-state index in [0.717, 1.165) is 10.6 Å². The molecule has 7 nitrogen and oxygen atoms in total. The van der Waals surface area contributed by atoms with Crippen molar-refractivity contribution in [1.82, 2.24) is 25.1 Å². The molecule has 3 aromatic heterocycles. The first kappa shape index (κ1) is 15.8. The summed E-state index contributed by atoms with van der Waals surface area (Å²) < 4.78 is 1.95. The number of amides is 1. The van der Waals surface area contributed by atoms with Crippen molar-refractivity contribution in [2.75, 3.05) is 11.4 Å². The van der Waals surface area contributed by atoms with E-state index in [1.165, 1.54) is 0 Å². The van der Waals surface area contributed by atoms with Crippen LogP contribution < -0.4 is 10.2 Å². The Hall–Kier alpha value is -2.74. The molecule has 0 radical (unpaired) electrons. The number of fused-ring (bicyclic) bond motifs is 1. The van der Waals surface area contributed by atoms with Gasteiger partial charge in [-0.1, -0.05) is 6.07 Å². The third kappa shape index (κ3) is 3.53. The average Bonchev–Trinajstić information content (AvgIpc) is 3.32. The van der Waals surface area contributed by atoms with E-state index >= 15 is 0 Å². The van der Waals surface area contributed by atoms with Crippen LogP contribution in [0.15, 0.2) is 48.2 Å². The number of rotatable bonds is 5. The molecule has 4 heterocycles. The normalized spacial score (nSPS) is 16.5. The smallest absolute Gasteiger partial charge is 0.225 e. The number of aromatic nitrogens is 4. The first-order chi connectivity index (χ1) is 12.3. The highest BCUT2D eigenvalue weighted by molar-refractivity contribution is 7.09. The molecule has 0 aliphatic carbocycles. The van der Waals surface area contributed by atoms with Crippen LogP contribution in [0.1, 0.15) is 23.0 Å². The SMILES string of the molecule is O=C(CC1CN(c2ncccn2)Cc2ccnn21)NCc1cccs1. The van der Waals surface area contributed by atoms with Crippen LogP contribution in [0.4, 0.5) is 5.95 Å². The van der Waals surface area contributed by atoms with Gasteiger partial charge < -0.3 is 10.2 Å². The molecule has 25 heavy (non-hydrogen) atoms. The van der Waals surface area contributed by atoms with Gasteiger partial charge >= 0.3 is 0 Å². The molecule has 128 valence electrons. The van der Waals surface area contributed by atoms with Crippen LogP contribution in [-0.2, 0) is 17.9 Å². The number of hydrogen-bond donors (Lipinski definition) is 1. The molecule has 0 spiro atoms. The van der Waals surface area contributed by atoms with Crippen molar-refractivity contribution in [3.05, 3.63) is 58.8 Å². The molecule has 1 N–H and O–H groups in total. The molecule has 1 unspecified atom stereocenters. The number of hydrogen-bond acceptors (Lipinski definition) is 6. The summed E-state index contributed by atoms with van der Waals surface area (Å²) in [5, 5.41) is 9.40. The van der Waals surface area contributed by atoms with Crippen molar-refractivity contribution in [2.45, 2.75) is 25.6 Å². The first-order valence-corrected chi connectivity index (χ1v) is 9.01. The van der Waals surface area contributed by atoms with Crippen LogP contribution in [0.3, 0.4) is 0 Å². The van der Waals surface area contributed by atoms with E-state index in [0.29, 0.717) is 32.0 Å². The number of carbonyl (C=O) groups is 1. The van der Waals surface area contributed by atoms with Crippen LogP contribution >= 0.6 is 11.3 Å². The highest BCUT2D eigenvalue weighted by atomic mass is 32.1. The second-order valence-corrected chi connectivity index (χ2v) is 6.94. The predicted octanol–water partition coefficient (Wildman–Crippen LogP) is 2.00. The van der Waals surface area contributed by atoms with Crippen LogP contribution in [-0.4, -0.2) is 32.2 Å². The zero-order valence-corrected chi connectivity index (χ0v) is 14.4. The maximum absolute atomic E-state index is 12.4. The minimum Gasteiger partial charge on any atom is -0.351 e. The minimum atomic E-state index is -0.0362. The lowest BCUT2D eigenvalue weighted by molar-refractivity contribution is -0.122. The van der Waals surface area contributed by atoms with Gasteiger partial charge in [-0.3, -0.25) is 9.48 Å². The van der Waals surface area contributed by atoms with E-state index in [9.17, 15) is 4.79 Å². The van der Waals surface area contributed by atoms with Gasteiger partial charge in [0.2, 0.25) is 11.9 Å². The molecule has 0 saturated carbocycles. The van der Waals surface area contributed by atoms with Gasteiger partial charge in [0.05, 0.1) is 31.2 Å². The maximum Gasteiger partial charge on any atom is 0.225 e. The third-order valence-electron chi connectivity index (χ3n) is 4.18. The number of anilines is 1. The summed E-state index contributed by atoms with van der Waals surface area (Å²) in [5.74, 6) is 0.703. The fraction of sp³-hybridized carbons (Fsp3) is 0.294. The molecule has 0 saturated heterocycles. The van der Waals surface area contributed by atoms with Crippen molar-refractivity contribution in [2.24, 2.45) is 0 Å². The summed E-state index contributed by atoms with van der Waals surface area (Å²) in [6, 6.07) is 7.75. The van der Waals surface area contributed by atoms with Crippen LogP contribution in [0.2, 0.25) is 0 Å². The molecule has 1 atom stereocenters. The largest absolute Gasteiger partial charge is 0.351 e. The summed E-state index contributed by atoms with van der Waals surface area (Å²) in [7, 11) is 0. The van der Waals surface area contributed by atoms with Crippen LogP contribution in [0.25, 0.3) is 0 Å². The monoisotopic (exact) mass is 354 g/mol. The Morgan fingerprint density at radius 2 is 2.12 bits per heavy atom. The Labute approximate surface area is 149 Å². The second kappa shape index (κ2) is 7.02. The average molecular weight is 354 g/mol. The van der Waals surface area contributed by atoms with Gasteiger partial charge in [-0.2, -0.15) is 5.10 Å². The van der Waals surface area contributed by atoms with E-state index < -0.39 is 0 Å². The molecule has 3 aromatic rings. The van der Waals surface area contributed by atoms with E-state index in [1.807, 2.05) is 28.3 Å². The Morgan fingerprint density at radius 3 is 2.92 bits per heavy atom. The van der Waals surface area contributed by atoms with Gasteiger partial charge in [0.15, 0.2) is 0 Å². The van der Waals surface area contributed by atoms with Crippen molar-refractivity contribution in [3.63, 3.8) is 0 Å². The lowest BCUT2D eigenvalue weighted by Crippen LogP contribution is -2.40. The van der Waals surface area contributed by atoms with E-state index in [4.69, 9.17) is 0 Å². The topological polar surface area (TPSA) is 75.9 Å². The quantitative estimate of drug-likeness (QED) is 0.758. The molecular weight excluding hydrogens is 336 g/mol. The summed E-state index contributed by atoms with van der Waals surface area (Å²) in [5.41, 5.74) is 1.06. The first-order valence-electron chi connectivity index (χ1n) is 8.13. The lowest BCUT2D eigenvalue weighted by atomic mass is 10.1. The Morgan fingerprint density at radius 1 is 1.24 bits per heavy atom. The molecule has 0 bridgehead atoms. The summed E-state index contributed by atoms with van der Waals surface area (Å²) in [6.07, 6.45) is 5.62. The van der Waals surface area contributed by atoms with Gasteiger partial charge in [0.25, 0.3) is 0 Å². The summed E-state index contributed by atoms with van der Waals surface area (Å²) in [6.45, 7) is 1.92. The molecule has 1 aliphatic rings. The highest BCUT2D eigenvalue weighted by Gasteiger charge is 2.28. The molecule has 1 aliphatic heterocycles. The number of thiophene rings is 1. The predicted molar refractivity (Wildman–Crippen MR) is 95.1 cm³/mol. The van der Waals surface area contributed by atoms with Crippen LogP contribution in [0, 0.1) is 0 Å². The van der Waals surface area contributed by atoms with E-state index in [1.54, 1.807) is 36.0 Å². The molecular formula is C17H18N6OS. The fourth-order valence-corrected chi connectivity index (χ4v) is 3.67. The van der Waals surface area contributed by atoms with Gasteiger partial charge in [-0.05, 0) is 23.6 Å². The second-order valence-electron chi connectivity index (χ2n) is 5.91. The highest BCUT2D eigenvalue weighted by Crippen LogP contribution is 2.25. The molecule has 8 heteroatoms. The van der Waals surface area contributed by atoms with Gasteiger partial charge in [-0.15, -0.1) is 11.3 Å². The Balaban J connectivity index is 1.45. The van der Waals surface area contributed by atoms with Crippen molar-refractivity contribution in [3.8, 4) is 0 Å². The van der Waals surface area contributed by atoms with Gasteiger partial charge in [-0.25, -0.2) is 9.97 Å². The standard InChI is InChI=1S/C17H18N6OS/c24-16(20-10-15-3-1-8-25-15)9-14-12-22(17-18-5-2-6-19-17)11-13-4-7-21-23(13)14/h1-8,14H,9-12H2,(H,20,24). The number of nitrogens with one attached hydrogen (secondary N) is 1. The third-order valence-corrected chi connectivity index (χ3v) is 5.05. The summed E-state index contributed by atoms with van der Waals surface area (Å²) >= 11 is 1.64. The zero-order chi connectivity index (χ0) is 17.1. The Bertz CT molecular complexity index is 832. The van der Waals surface area contributed by atoms with E-state index in [-0.39, 0.29) is 11.9 Å². The summed E-state index contributed by atoms with van der Waals surface area (Å²) in [4.78, 5) is 24.3. The Kier molecular flexibility index (Phi) is 4.43. The fourth-order valence-electron chi connectivity index (χ4n) is 3.03. The maximum atomic E-state index is 12.4. The number of nitrogens with zero attached hydrogens (tertiary/aromatic N) is 5.